The van der Waals surface area contributed by atoms with E-state index >= 15 is 0 Å². The lowest BCUT2D eigenvalue weighted by Crippen LogP contribution is -2.37. The van der Waals surface area contributed by atoms with Crippen LogP contribution in [-0.2, 0) is 4.74 Å². The third-order valence-corrected chi connectivity index (χ3v) is 5.18. The summed E-state index contributed by atoms with van der Waals surface area (Å²) in [7, 11) is 3.90. The Labute approximate surface area is 188 Å². The number of amides is 1. The van der Waals surface area contributed by atoms with E-state index in [0.29, 0.717) is 24.7 Å². The molecule has 0 aliphatic carbocycles. The normalized spacial score (nSPS) is 13.5. The van der Waals surface area contributed by atoms with Crippen LogP contribution in [0.2, 0.25) is 0 Å². The molecule has 166 valence electrons. The Kier molecular flexibility index (Phi) is 6.51. The Morgan fingerprint density at radius 2 is 1.72 bits per heavy atom. The van der Waals surface area contributed by atoms with Crippen LogP contribution in [-0.4, -0.2) is 56.3 Å². The third-order valence-electron chi connectivity index (χ3n) is 5.18. The van der Waals surface area contributed by atoms with E-state index in [-0.39, 0.29) is 5.91 Å². The van der Waals surface area contributed by atoms with Crippen LogP contribution in [0.4, 0.5) is 28.8 Å². The van der Waals surface area contributed by atoms with Crippen LogP contribution in [0.5, 0.6) is 0 Å². The molecule has 8 heteroatoms. The van der Waals surface area contributed by atoms with Crippen LogP contribution in [0, 0.1) is 6.92 Å². The molecule has 1 aromatic heterocycles. The van der Waals surface area contributed by atoms with Gasteiger partial charge in [-0.25, -0.2) is 4.98 Å². The molecule has 1 aliphatic rings. The number of carbonyl (C=O) groups excluding carboxylic acids is 1. The molecule has 0 saturated carbocycles. The van der Waals surface area contributed by atoms with Gasteiger partial charge in [0.15, 0.2) is 0 Å². The van der Waals surface area contributed by atoms with Crippen LogP contribution >= 0.6 is 0 Å². The van der Waals surface area contributed by atoms with E-state index in [1.165, 1.54) is 0 Å². The number of aryl methyl sites for hydroxylation is 1. The van der Waals surface area contributed by atoms with Gasteiger partial charge in [-0.3, -0.25) is 4.79 Å². The third kappa shape index (κ3) is 5.33. The SMILES string of the molecule is Cc1cc(Nc2ccc(NC(=O)c3cccc(N(C)C)c3)cc2)nc(N2CCOCC2)n1. The number of nitrogens with zero attached hydrogens (tertiary/aromatic N) is 4. The fourth-order valence-electron chi connectivity index (χ4n) is 3.44. The Morgan fingerprint density at radius 3 is 2.44 bits per heavy atom. The van der Waals surface area contributed by atoms with Crippen molar-refractivity contribution >= 4 is 34.7 Å². The molecule has 8 nitrogen and oxygen atoms in total. The van der Waals surface area contributed by atoms with Crippen LogP contribution in [0.15, 0.2) is 54.6 Å². The lowest BCUT2D eigenvalue weighted by atomic mass is 10.1. The van der Waals surface area contributed by atoms with Gasteiger partial charge < -0.3 is 25.2 Å². The van der Waals surface area contributed by atoms with Gasteiger partial charge in [0.25, 0.3) is 5.91 Å². The number of carbonyl (C=O) groups is 1. The number of hydrogen-bond acceptors (Lipinski definition) is 7. The fraction of sp³-hybridized carbons (Fsp3) is 0.292. The number of benzene rings is 2. The molecule has 0 radical (unpaired) electrons. The number of anilines is 5. The first-order valence-corrected chi connectivity index (χ1v) is 10.6. The Morgan fingerprint density at radius 1 is 1.00 bits per heavy atom. The zero-order valence-corrected chi connectivity index (χ0v) is 18.6. The number of hydrogen-bond donors (Lipinski definition) is 2. The van der Waals surface area contributed by atoms with Gasteiger partial charge in [0.2, 0.25) is 5.95 Å². The highest BCUT2D eigenvalue weighted by molar-refractivity contribution is 6.04. The smallest absolute Gasteiger partial charge is 0.255 e. The predicted octanol–water partition coefficient (Wildman–Crippen LogP) is 3.68. The number of aromatic nitrogens is 2. The van der Waals surface area contributed by atoms with Gasteiger partial charge in [0.1, 0.15) is 5.82 Å². The van der Waals surface area contributed by atoms with E-state index < -0.39 is 0 Å². The van der Waals surface area contributed by atoms with Crippen molar-refractivity contribution in [3.8, 4) is 0 Å². The van der Waals surface area contributed by atoms with Crippen molar-refractivity contribution in [2.75, 3.05) is 60.8 Å². The molecule has 2 heterocycles. The number of morpholine rings is 1. The van der Waals surface area contributed by atoms with Gasteiger partial charge in [-0.05, 0) is 49.4 Å². The average Bonchev–Trinajstić information content (AvgIpc) is 2.80. The molecule has 32 heavy (non-hydrogen) atoms. The Hall–Kier alpha value is -3.65. The molecule has 0 atom stereocenters. The second kappa shape index (κ2) is 9.65. The molecule has 3 aromatic rings. The van der Waals surface area contributed by atoms with Gasteiger partial charge >= 0.3 is 0 Å². The number of ether oxygens (including phenoxy) is 1. The summed E-state index contributed by atoms with van der Waals surface area (Å²) in [6, 6.07) is 17.0. The summed E-state index contributed by atoms with van der Waals surface area (Å²) >= 11 is 0. The lowest BCUT2D eigenvalue weighted by molar-refractivity contribution is 0.102. The van der Waals surface area contributed by atoms with Crippen molar-refractivity contribution in [3.05, 3.63) is 65.9 Å². The molecule has 0 unspecified atom stereocenters. The van der Waals surface area contributed by atoms with Gasteiger partial charge in [-0.2, -0.15) is 4.98 Å². The monoisotopic (exact) mass is 432 g/mol. The zero-order chi connectivity index (χ0) is 22.5. The predicted molar refractivity (Wildman–Crippen MR) is 128 cm³/mol. The van der Waals surface area contributed by atoms with E-state index in [4.69, 9.17) is 4.74 Å². The largest absolute Gasteiger partial charge is 0.378 e. The first-order chi connectivity index (χ1) is 15.5. The van der Waals surface area contributed by atoms with Crippen molar-refractivity contribution in [3.63, 3.8) is 0 Å². The molecule has 1 aliphatic heterocycles. The zero-order valence-electron chi connectivity index (χ0n) is 18.6. The average molecular weight is 433 g/mol. The molecule has 1 amide bonds. The summed E-state index contributed by atoms with van der Waals surface area (Å²) in [6.07, 6.45) is 0. The molecular weight excluding hydrogens is 404 g/mol. The fourth-order valence-corrected chi connectivity index (χ4v) is 3.44. The van der Waals surface area contributed by atoms with Crippen LogP contribution < -0.4 is 20.4 Å². The van der Waals surface area contributed by atoms with Gasteiger partial charge in [-0.1, -0.05) is 6.07 Å². The van der Waals surface area contributed by atoms with E-state index in [1.807, 2.05) is 80.5 Å². The molecular formula is C24H28N6O2. The highest BCUT2D eigenvalue weighted by Crippen LogP contribution is 2.21. The summed E-state index contributed by atoms with van der Waals surface area (Å²) in [6.45, 7) is 4.91. The second-order valence-electron chi connectivity index (χ2n) is 7.90. The van der Waals surface area contributed by atoms with Crippen molar-refractivity contribution in [2.24, 2.45) is 0 Å². The number of rotatable bonds is 6. The van der Waals surface area contributed by atoms with Crippen LogP contribution in [0.1, 0.15) is 16.1 Å². The van der Waals surface area contributed by atoms with Gasteiger partial charge in [0, 0.05) is 61.6 Å². The highest BCUT2D eigenvalue weighted by Gasteiger charge is 2.15. The molecule has 1 fully saturated rings. The quantitative estimate of drug-likeness (QED) is 0.615. The molecule has 1 saturated heterocycles. The topological polar surface area (TPSA) is 82.6 Å². The molecule has 4 rings (SSSR count). The Balaban J connectivity index is 1.42. The van der Waals surface area contributed by atoms with Gasteiger partial charge in [0.05, 0.1) is 13.2 Å². The van der Waals surface area contributed by atoms with E-state index in [1.54, 1.807) is 0 Å². The van der Waals surface area contributed by atoms with Crippen LogP contribution in [0.3, 0.4) is 0 Å². The Bertz CT molecular complexity index is 1080. The summed E-state index contributed by atoms with van der Waals surface area (Å²) in [5.74, 6) is 1.30. The first-order valence-electron chi connectivity index (χ1n) is 10.6. The van der Waals surface area contributed by atoms with Crippen molar-refractivity contribution in [2.45, 2.75) is 6.92 Å². The minimum absolute atomic E-state index is 0.143. The van der Waals surface area contributed by atoms with Crippen molar-refractivity contribution in [1.82, 2.24) is 9.97 Å². The summed E-state index contributed by atoms with van der Waals surface area (Å²) in [5, 5.41) is 6.28. The lowest BCUT2D eigenvalue weighted by Gasteiger charge is -2.27. The van der Waals surface area contributed by atoms with E-state index in [2.05, 4.69) is 25.5 Å². The molecule has 0 bridgehead atoms. The van der Waals surface area contributed by atoms with E-state index in [9.17, 15) is 4.79 Å². The molecule has 0 spiro atoms. The summed E-state index contributed by atoms with van der Waals surface area (Å²) < 4.78 is 5.42. The molecule has 2 N–H and O–H groups in total. The highest BCUT2D eigenvalue weighted by atomic mass is 16.5. The molecule has 2 aromatic carbocycles. The minimum atomic E-state index is -0.143. The first kappa shape index (κ1) is 21.6. The summed E-state index contributed by atoms with van der Waals surface area (Å²) in [5.41, 5.74) is 4.10. The standard InChI is InChI=1S/C24H28N6O2/c1-17-15-22(28-24(25-17)30-11-13-32-14-12-30)26-19-7-9-20(10-8-19)27-23(31)18-5-4-6-21(16-18)29(2)3/h4-10,15-16H,11-14H2,1-3H3,(H,27,31)(H,25,26,28). The minimum Gasteiger partial charge on any atom is -0.378 e. The summed E-state index contributed by atoms with van der Waals surface area (Å²) in [4.78, 5) is 25.9. The maximum atomic E-state index is 12.6. The maximum Gasteiger partial charge on any atom is 0.255 e. The maximum absolute atomic E-state index is 12.6. The van der Waals surface area contributed by atoms with E-state index in [0.717, 1.165) is 41.7 Å². The second-order valence-corrected chi connectivity index (χ2v) is 7.90. The van der Waals surface area contributed by atoms with Crippen molar-refractivity contribution in [1.29, 1.82) is 0 Å². The van der Waals surface area contributed by atoms with Crippen molar-refractivity contribution < 1.29 is 9.53 Å². The van der Waals surface area contributed by atoms with Gasteiger partial charge in [-0.15, -0.1) is 0 Å². The number of nitrogens with one attached hydrogen (secondary N) is 2. The van der Waals surface area contributed by atoms with Crippen LogP contribution in [0.25, 0.3) is 0 Å².